The number of piperidine rings is 1. The molecule has 0 bridgehead atoms. The molecule has 0 saturated carbocycles. The van der Waals surface area contributed by atoms with Gasteiger partial charge in [0.25, 0.3) is 0 Å². The molecule has 7 nitrogen and oxygen atoms in total. The lowest BCUT2D eigenvalue weighted by Crippen LogP contribution is -2.53. The van der Waals surface area contributed by atoms with Crippen LogP contribution in [-0.2, 0) is 10.3 Å². The molecule has 7 heteroatoms. The van der Waals surface area contributed by atoms with Crippen LogP contribution in [0.5, 0.6) is 5.75 Å². The zero-order valence-corrected chi connectivity index (χ0v) is 15.8. The van der Waals surface area contributed by atoms with Crippen LogP contribution in [0.3, 0.4) is 0 Å². The molecule has 144 valence electrons. The van der Waals surface area contributed by atoms with Crippen molar-refractivity contribution in [2.75, 3.05) is 45.8 Å². The van der Waals surface area contributed by atoms with Crippen molar-refractivity contribution >= 4 is 11.7 Å². The van der Waals surface area contributed by atoms with Gasteiger partial charge in [0.2, 0.25) is 0 Å². The van der Waals surface area contributed by atoms with Gasteiger partial charge in [-0.3, -0.25) is 0 Å². The van der Waals surface area contributed by atoms with Crippen molar-refractivity contribution in [3.63, 3.8) is 0 Å². The second kappa shape index (κ2) is 7.15. The van der Waals surface area contributed by atoms with Crippen LogP contribution in [0.25, 0.3) is 5.69 Å². The first-order chi connectivity index (χ1) is 13.2. The summed E-state index contributed by atoms with van der Waals surface area (Å²) in [4.78, 5) is 14.2. The smallest absolute Gasteiger partial charge is 0.317 e. The van der Waals surface area contributed by atoms with Gasteiger partial charge in [-0.2, -0.15) is 0 Å². The summed E-state index contributed by atoms with van der Waals surface area (Å²) in [7, 11) is 3.32. The van der Waals surface area contributed by atoms with Gasteiger partial charge in [0.05, 0.1) is 30.6 Å². The molecular weight excluding hydrogens is 344 g/mol. The van der Waals surface area contributed by atoms with E-state index in [9.17, 15) is 4.79 Å². The molecule has 2 aliphatic heterocycles. The molecule has 0 aliphatic carbocycles. The standard InChI is InChI=1S/C20H26N4O3/c1-26-13-9-21-19(25)23-11-7-20(8-12-23)18-4-3-10-24(18)17-6-5-15(27-2)14-16(17)22-20/h3-6,10,14,22H,7-9,11-13H2,1-2H3,(H,21,25). The van der Waals surface area contributed by atoms with E-state index in [2.05, 4.69) is 39.6 Å². The highest BCUT2D eigenvalue weighted by molar-refractivity contribution is 5.74. The highest BCUT2D eigenvalue weighted by Crippen LogP contribution is 2.44. The van der Waals surface area contributed by atoms with Crippen molar-refractivity contribution in [3.8, 4) is 11.4 Å². The third kappa shape index (κ3) is 3.12. The summed E-state index contributed by atoms with van der Waals surface area (Å²) in [5.74, 6) is 0.835. The molecule has 0 atom stereocenters. The number of rotatable bonds is 4. The average Bonchev–Trinajstić information content (AvgIpc) is 3.19. The number of likely N-dealkylation sites (tertiary alicyclic amines) is 1. The van der Waals surface area contributed by atoms with E-state index in [0.29, 0.717) is 26.2 Å². The summed E-state index contributed by atoms with van der Waals surface area (Å²) >= 11 is 0. The minimum Gasteiger partial charge on any atom is -0.497 e. The van der Waals surface area contributed by atoms with E-state index in [-0.39, 0.29) is 11.6 Å². The topological polar surface area (TPSA) is 67.8 Å². The fraction of sp³-hybridized carbons (Fsp3) is 0.450. The number of ether oxygens (including phenoxy) is 2. The lowest BCUT2D eigenvalue weighted by molar-refractivity contribution is 0.155. The zero-order chi connectivity index (χ0) is 18.9. The van der Waals surface area contributed by atoms with Gasteiger partial charge in [0, 0.05) is 44.7 Å². The number of amides is 2. The molecule has 27 heavy (non-hydrogen) atoms. The summed E-state index contributed by atoms with van der Waals surface area (Å²) in [6, 6.07) is 10.3. The van der Waals surface area contributed by atoms with Crippen molar-refractivity contribution in [2.45, 2.75) is 18.4 Å². The fourth-order valence-electron chi connectivity index (χ4n) is 4.10. The molecule has 1 fully saturated rings. The minimum absolute atomic E-state index is 0.0184. The number of carbonyl (C=O) groups excluding carboxylic acids is 1. The number of fused-ring (bicyclic) bond motifs is 4. The van der Waals surface area contributed by atoms with Crippen LogP contribution >= 0.6 is 0 Å². The molecule has 0 radical (unpaired) electrons. The second-order valence-corrected chi connectivity index (χ2v) is 7.07. The number of hydrogen-bond acceptors (Lipinski definition) is 4. The summed E-state index contributed by atoms with van der Waals surface area (Å²) in [5.41, 5.74) is 3.27. The Morgan fingerprint density at radius 2 is 2.07 bits per heavy atom. The van der Waals surface area contributed by atoms with E-state index >= 15 is 0 Å². The van der Waals surface area contributed by atoms with E-state index in [1.165, 1.54) is 5.69 Å². The second-order valence-electron chi connectivity index (χ2n) is 7.07. The molecule has 2 aromatic rings. The van der Waals surface area contributed by atoms with Crippen LogP contribution < -0.4 is 15.4 Å². The largest absolute Gasteiger partial charge is 0.497 e. The van der Waals surface area contributed by atoms with E-state index in [1.807, 2.05) is 17.0 Å². The van der Waals surface area contributed by atoms with Crippen molar-refractivity contribution in [1.29, 1.82) is 0 Å². The van der Waals surface area contributed by atoms with Gasteiger partial charge in [-0.1, -0.05) is 0 Å². The third-order valence-corrected chi connectivity index (χ3v) is 5.56. The van der Waals surface area contributed by atoms with Gasteiger partial charge in [-0.25, -0.2) is 4.79 Å². The van der Waals surface area contributed by atoms with Gasteiger partial charge >= 0.3 is 6.03 Å². The average molecular weight is 370 g/mol. The maximum atomic E-state index is 12.3. The quantitative estimate of drug-likeness (QED) is 0.812. The Hall–Kier alpha value is -2.67. The number of benzene rings is 1. The summed E-state index contributed by atoms with van der Waals surface area (Å²) in [6.07, 6.45) is 3.81. The molecule has 1 spiro atoms. The van der Waals surface area contributed by atoms with Gasteiger partial charge < -0.3 is 29.6 Å². The SMILES string of the molecule is COCCNC(=O)N1CCC2(CC1)Nc1cc(OC)ccc1-n1cccc12. The van der Waals surface area contributed by atoms with Crippen LogP contribution in [0.15, 0.2) is 36.5 Å². The lowest BCUT2D eigenvalue weighted by Gasteiger charge is -2.46. The van der Waals surface area contributed by atoms with Crippen molar-refractivity contribution in [1.82, 2.24) is 14.8 Å². The van der Waals surface area contributed by atoms with Gasteiger partial charge in [-0.05, 0) is 37.1 Å². The predicted octanol–water partition coefficient (Wildman–Crippen LogP) is 2.56. The predicted molar refractivity (Wildman–Crippen MR) is 104 cm³/mol. The Morgan fingerprint density at radius 3 is 2.81 bits per heavy atom. The van der Waals surface area contributed by atoms with Crippen LogP contribution in [0, 0.1) is 0 Å². The molecule has 3 heterocycles. The fourth-order valence-corrected chi connectivity index (χ4v) is 4.10. The van der Waals surface area contributed by atoms with Crippen LogP contribution in [-0.4, -0.2) is 56.0 Å². The zero-order valence-electron chi connectivity index (χ0n) is 15.8. The van der Waals surface area contributed by atoms with Crippen LogP contribution in [0.4, 0.5) is 10.5 Å². The number of methoxy groups -OCH3 is 2. The number of nitrogens with zero attached hydrogens (tertiary/aromatic N) is 2. The Morgan fingerprint density at radius 1 is 1.26 bits per heavy atom. The van der Waals surface area contributed by atoms with E-state index < -0.39 is 0 Å². The Kier molecular flexibility index (Phi) is 4.70. The van der Waals surface area contributed by atoms with Crippen molar-refractivity contribution < 1.29 is 14.3 Å². The highest BCUT2D eigenvalue weighted by atomic mass is 16.5. The van der Waals surface area contributed by atoms with Crippen molar-refractivity contribution in [3.05, 3.63) is 42.2 Å². The van der Waals surface area contributed by atoms with Crippen LogP contribution in [0.1, 0.15) is 18.5 Å². The molecule has 2 N–H and O–H groups in total. The number of carbonyl (C=O) groups is 1. The van der Waals surface area contributed by atoms with E-state index in [1.54, 1.807) is 14.2 Å². The molecule has 2 aliphatic rings. The lowest BCUT2D eigenvalue weighted by atomic mass is 9.82. The molecule has 1 saturated heterocycles. The summed E-state index contributed by atoms with van der Waals surface area (Å²) < 4.78 is 12.6. The first-order valence-corrected chi connectivity index (χ1v) is 9.33. The number of urea groups is 1. The van der Waals surface area contributed by atoms with Crippen LogP contribution in [0.2, 0.25) is 0 Å². The molecule has 0 unspecified atom stereocenters. The molecule has 2 amide bonds. The summed E-state index contributed by atoms with van der Waals surface area (Å²) in [5, 5.41) is 6.67. The first kappa shape index (κ1) is 17.7. The number of nitrogens with one attached hydrogen (secondary N) is 2. The van der Waals surface area contributed by atoms with Gasteiger partial charge in [0.1, 0.15) is 5.75 Å². The normalized spacial score (nSPS) is 17.0. The summed E-state index contributed by atoms with van der Waals surface area (Å²) in [6.45, 7) is 2.47. The number of aromatic nitrogens is 1. The Labute approximate surface area is 159 Å². The van der Waals surface area contributed by atoms with E-state index in [0.717, 1.165) is 30.0 Å². The molecule has 1 aromatic carbocycles. The van der Waals surface area contributed by atoms with Crippen molar-refractivity contribution in [2.24, 2.45) is 0 Å². The first-order valence-electron chi connectivity index (χ1n) is 9.33. The van der Waals surface area contributed by atoms with Gasteiger partial charge in [-0.15, -0.1) is 0 Å². The molecular formula is C20H26N4O3. The maximum absolute atomic E-state index is 12.3. The maximum Gasteiger partial charge on any atom is 0.317 e. The Balaban J connectivity index is 1.54. The number of hydrogen-bond donors (Lipinski definition) is 2. The van der Waals surface area contributed by atoms with Gasteiger partial charge in [0.15, 0.2) is 0 Å². The minimum atomic E-state index is -0.174. The third-order valence-electron chi connectivity index (χ3n) is 5.56. The van der Waals surface area contributed by atoms with E-state index in [4.69, 9.17) is 9.47 Å². The highest BCUT2D eigenvalue weighted by Gasteiger charge is 2.42. The monoisotopic (exact) mass is 370 g/mol. The Bertz CT molecular complexity index is 824. The molecule has 1 aromatic heterocycles. The number of anilines is 1. The molecule has 4 rings (SSSR count).